The molecule has 0 bridgehead atoms. The van der Waals surface area contributed by atoms with Crippen LogP contribution >= 0.6 is 12.2 Å². The molecule has 25 heavy (non-hydrogen) atoms. The van der Waals surface area contributed by atoms with Crippen molar-refractivity contribution in [3.8, 4) is 5.69 Å². The van der Waals surface area contributed by atoms with Crippen LogP contribution in [0.3, 0.4) is 0 Å². The lowest BCUT2D eigenvalue weighted by molar-refractivity contribution is 0.598. The molecule has 0 fully saturated rings. The maximum atomic E-state index is 11.4. The Bertz CT molecular complexity index is 899. The largest absolute Gasteiger partial charge is 0.362 e. The summed E-state index contributed by atoms with van der Waals surface area (Å²) in [5.41, 5.74) is 6.50. The summed E-state index contributed by atoms with van der Waals surface area (Å²) in [4.78, 5) is 0.0848. The molecule has 0 spiro atoms. The van der Waals surface area contributed by atoms with Crippen LogP contribution in [0.2, 0.25) is 0 Å². The van der Waals surface area contributed by atoms with Gasteiger partial charge in [-0.2, -0.15) is 5.10 Å². The molecule has 0 aliphatic heterocycles. The number of primary sulfonamides is 1. The molecule has 0 saturated heterocycles. The minimum atomic E-state index is -3.70. The Morgan fingerprint density at radius 3 is 2.52 bits per heavy atom. The molecule has 1 heterocycles. The molecule has 0 saturated carbocycles. The van der Waals surface area contributed by atoms with Gasteiger partial charge >= 0.3 is 0 Å². The number of nitrogens with two attached hydrogens (primary N) is 1. The van der Waals surface area contributed by atoms with E-state index in [2.05, 4.69) is 15.8 Å². The molecular formula is C16H21N5O2S2. The van der Waals surface area contributed by atoms with Gasteiger partial charge in [-0.25, -0.2) is 13.6 Å². The van der Waals surface area contributed by atoms with E-state index in [0.29, 0.717) is 5.11 Å². The highest BCUT2D eigenvalue weighted by Crippen LogP contribution is 2.21. The third kappa shape index (κ3) is 4.65. The lowest BCUT2D eigenvalue weighted by Crippen LogP contribution is -2.31. The summed E-state index contributed by atoms with van der Waals surface area (Å²) in [6.45, 7) is 6.61. The van der Waals surface area contributed by atoms with Gasteiger partial charge in [0.2, 0.25) is 10.0 Å². The van der Waals surface area contributed by atoms with Gasteiger partial charge < -0.3 is 9.88 Å². The second-order valence-electron chi connectivity index (χ2n) is 5.43. The van der Waals surface area contributed by atoms with Crippen LogP contribution < -0.4 is 15.9 Å². The first kappa shape index (κ1) is 19.1. The number of rotatable bonds is 5. The fourth-order valence-corrected chi connectivity index (χ4v) is 3.17. The van der Waals surface area contributed by atoms with Gasteiger partial charge in [-0.3, -0.25) is 5.43 Å². The monoisotopic (exact) mass is 379 g/mol. The summed E-state index contributed by atoms with van der Waals surface area (Å²) >= 11 is 5.05. The Morgan fingerprint density at radius 2 is 1.96 bits per heavy atom. The summed E-state index contributed by atoms with van der Waals surface area (Å²) in [7, 11) is -3.70. The van der Waals surface area contributed by atoms with Crippen molar-refractivity contribution in [1.82, 2.24) is 15.3 Å². The van der Waals surface area contributed by atoms with Crippen LogP contribution in [0.4, 0.5) is 0 Å². The summed E-state index contributed by atoms with van der Waals surface area (Å²) in [5, 5.41) is 12.7. The zero-order chi connectivity index (χ0) is 18.6. The number of hydrogen-bond donors (Lipinski definition) is 3. The summed E-state index contributed by atoms with van der Waals surface area (Å²) in [6, 6.07) is 8.42. The van der Waals surface area contributed by atoms with E-state index in [4.69, 9.17) is 17.4 Å². The SMILES string of the molecule is CCNC(=S)NN=Cc1cc(C)n(-c2ccc(S(N)(=O)=O)cc2)c1C. The Morgan fingerprint density at radius 1 is 1.32 bits per heavy atom. The quantitative estimate of drug-likeness (QED) is 0.416. The standard InChI is InChI=1S/C16H21N5O2S2/c1-4-18-16(24)20-19-10-13-9-11(2)21(12(13)3)14-5-7-15(8-6-14)25(17,22)23/h5-10H,4H2,1-3H3,(H2,17,22,23)(H2,18,20,24). The number of aromatic nitrogens is 1. The van der Waals surface area contributed by atoms with Crippen LogP contribution in [0.1, 0.15) is 23.9 Å². The molecule has 2 aromatic rings. The van der Waals surface area contributed by atoms with Crippen molar-refractivity contribution in [3.63, 3.8) is 0 Å². The third-order valence-corrected chi connectivity index (χ3v) is 4.77. The minimum Gasteiger partial charge on any atom is -0.362 e. The molecule has 1 aromatic carbocycles. The number of hydrazone groups is 1. The third-order valence-electron chi connectivity index (χ3n) is 3.60. The molecular weight excluding hydrogens is 358 g/mol. The average molecular weight is 380 g/mol. The summed E-state index contributed by atoms with van der Waals surface area (Å²) in [6.07, 6.45) is 1.70. The normalized spacial score (nSPS) is 11.7. The zero-order valence-electron chi connectivity index (χ0n) is 14.3. The smallest absolute Gasteiger partial charge is 0.238 e. The first-order chi connectivity index (χ1) is 11.7. The van der Waals surface area contributed by atoms with E-state index in [-0.39, 0.29) is 4.90 Å². The van der Waals surface area contributed by atoms with E-state index >= 15 is 0 Å². The van der Waals surface area contributed by atoms with E-state index in [1.165, 1.54) is 12.1 Å². The Balaban J connectivity index is 2.27. The Labute approximate surface area is 153 Å². The molecule has 2 rings (SSSR count). The molecule has 0 aliphatic carbocycles. The molecule has 0 aliphatic rings. The second kappa shape index (κ2) is 7.77. The van der Waals surface area contributed by atoms with E-state index in [1.54, 1.807) is 18.3 Å². The second-order valence-corrected chi connectivity index (χ2v) is 7.40. The Hall–Kier alpha value is -2.23. The maximum Gasteiger partial charge on any atom is 0.238 e. The fourth-order valence-electron chi connectivity index (χ4n) is 2.46. The first-order valence-corrected chi connectivity index (χ1v) is 9.58. The highest BCUT2D eigenvalue weighted by Gasteiger charge is 2.11. The number of aryl methyl sites for hydroxylation is 1. The molecule has 0 amide bonds. The number of nitrogens with zero attached hydrogens (tertiary/aromatic N) is 2. The topological polar surface area (TPSA) is 102 Å². The van der Waals surface area contributed by atoms with Crippen LogP contribution in [0.5, 0.6) is 0 Å². The highest BCUT2D eigenvalue weighted by molar-refractivity contribution is 7.89. The fraction of sp³-hybridized carbons (Fsp3) is 0.250. The van der Waals surface area contributed by atoms with Gasteiger partial charge in [0.05, 0.1) is 11.1 Å². The van der Waals surface area contributed by atoms with Crippen molar-refractivity contribution in [1.29, 1.82) is 0 Å². The van der Waals surface area contributed by atoms with Crippen molar-refractivity contribution < 1.29 is 8.42 Å². The van der Waals surface area contributed by atoms with Crippen LogP contribution in [0.15, 0.2) is 40.3 Å². The predicted molar refractivity (Wildman–Crippen MR) is 104 cm³/mol. The summed E-state index contributed by atoms with van der Waals surface area (Å²) in [5.74, 6) is 0. The van der Waals surface area contributed by atoms with Crippen LogP contribution in [0.25, 0.3) is 5.69 Å². The zero-order valence-corrected chi connectivity index (χ0v) is 15.9. The van der Waals surface area contributed by atoms with Gasteiger partial charge in [0.15, 0.2) is 5.11 Å². The predicted octanol–water partition coefficient (Wildman–Crippen LogP) is 1.56. The molecule has 4 N–H and O–H groups in total. The molecule has 7 nitrogen and oxygen atoms in total. The summed E-state index contributed by atoms with van der Waals surface area (Å²) < 4.78 is 24.7. The van der Waals surface area contributed by atoms with Gasteiger partial charge in [0.1, 0.15) is 0 Å². The average Bonchev–Trinajstić information content (AvgIpc) is 2.81. The van der Waals surface area contributed by atoms with E-state index < -0.39 is 10.0 Å². The number of hydrogen-bond acceptors (Lipinski definition) is 4. The number of thiocarbonyl (C=S) groups is 1. The van der Waals surface area contributed by atoms with Crippen molar-refractivity contribution in [2.24, 2.45) is 10.2 Å². The lowest BCUT2D eigenvalue weighted by atomic mass is 10.2. The van der Waals surface area contributed by atoms with Crippen LogP contribution in [-0.4, -0.2) is 30.9 Å². The number of sulfonamides is 1. The minimum absolute atomic E-state index is 0.0848. The van der Waals surface area contributed by atoms with Gasteiger partial charge in [0, 0.05) is 29.2 Å². The van der Waals surface area contributed by atoms with E-state index in [9.17, 15) is 8.42 Å². The van der Waals surface area contributed by atoms with Crippen molar-refractivity contribution in [2.75, 3.05) is 6.54 Å². The molecule has 1 aromatic heterocycles. The van der Waals surface area contributed by atoms with E-state index in [1.807, 2.05) is 31.4 Å². The van der Waals surface area contributed by atoms with Crippen molar-refractivity contribution in [3.05, 3.63) is 47.3 Å². The molecule has 134 valence electrons. The van der Waals surface area contributed by atoms with Crippen LogP contribution in [0, 0.1) is 13.8 Å². The van der Waals surface area contributed by atoms with Gasteiger partial charge in [-0.15, -0.1) is 0 Å². The molecule has 0 atom stereocenters. The maximum absolute atomic E-state index is 11.4. The highest BCUT2D eigenvalue weighted by atomic mass is 32.2. The van der Waals surface area contributed by atoms with Gasteiger partial charge in [-0.1, -0.05) is 0 Å². The van der Waals surface area contributed by atoms with Gasteiger partial charge in [-0.05, 0) is 63.3 Å². The van der Waals surface area contributed by atoms with Crippen molar-refractivity contribution >= 4 is 33.6 Å². The van der Waals surface area contributed by atoms with Crippen molar-refractivity contribution in [2.45, 2.75) is 25.7 Å². The lowest BCUT2D eigenvalue weighted by Gasteiger charge is -2.10. The molecule has 9 heteroatoms. The molecule has 0 unspecified atom stereocenters. The van der Waals surface area contributed by atoms with E-state index in [0.717, 1.165) is 29.2 Å². The number of nitrogens with one attached hydrogen (secondary N) is 2. The number of benzene rings is 1. The Kier molecular flexibility index (Phi) is 5.93. The first-order valence-electron chi connectivity index (χ1n) is 7.63. The van der Waals surface area contributed by atoms with Crippen LogP contribution in [-0.2, 0) is 10.0 Å². The molecule has 0 radical (unpaired) electrons. The van der Waals surface area contributed by atoms with Gasteiger partial charge in [0.25, 0.3) is 0 Å².